The van der Waals surface area contributed by atoms with Crippen LogP contribution in [-0.2, 0) is 16.6 Å². The molecule has 3 atom stereocenters. The fourth-order valence-electron chi connectivity index (χ4n) is 3.29. The number of ether oxygens (including phenoxy) is 1. The maximum atomic E-state index is 12.5. The van der Waals surface area contributed by atoms with Crippen molar-refractivity contribution >= 4 is 5.91 Å². The van der Waals surface area contributed by atoms with Gasteiger partial charge >= 0.3 is 0 Å². The van der Waals surface area contributed by atoms with Gasteiger partial charge in [0, 0.05) is 31.8 Å². The van der Waals surface area contributed by atoms with Crippen molar-refractivity contribution in [3.05, 3.63) is 53.9 Å². The number of carbonyl (C=O) groups is 1. The minimum atomic E-state index is -0.108. The van der Waals surface area contributed by atoms with Crippen molar-refractivity contribution in [1.29, 1.82) is 0 Å². The summed E-state index contributed by atoms with van der Waals surface area (Å²) < 4.78 is 7.68. The third kappa shape index (κ3) is 4.03. The molecule has 24 heavy (non-hydrogen) atoms. The molecule has 1 N–H and O–H groups in total. The van der Waals surface area contributed by atoms with Gasteiger partial charge in [-0.05, 0) is 24.3 Å². The summed E-state index contributed by atoms with van der Waals surface area (Å²) in [6.07, 6.45) is 6.06. The first-order valence-electron chi connectivity index (χ1n) is 8.58. The van der Waals surface area contributed by atoms with Gasteiger partial charge in [0.25, 0.3) is 0 Å². The lowest BCUT2D eigenvalue weighted by molar-refractivity contribution is -0.124. The minimum Gasteiger partial charge on any atom is -0.371 e. The van der Waals surface area contributed by atoms with E-state index in [4.69, 9.17) is 4.74 Å². The van der Waals surface area contributed by atoms with Gasteiger partial charge in [-0.2, -0.15) is 5.10 Å². The molecule has 1 aliphatic heterocycles. The molecule has 5 heteroatoms. The molecule has 1 aromatic heterocycles. The van der Waals surface area contributed by atoms with Gasteiger partial charge in [-0.3, -0.25) is 9.48 Å². The number of aryl methyl sites for hydroxylation is 1. The first-order chi connectivity index (χ1) is 11.6. The summed E-state index contributed by atoms with van der Waals surface area (Å²) in [6, 6.07) is 10.2. The number of aromatic nitrogens is 2. The summed E-state index contributed by atoms with van der Waals surface area (Å²) >= 11 is 0. The molecule has 0 spiro atoms. The number of rotatable bonds is 5. The Labute approximate surface area is 143 Å². The summed E-state index contributed by atoms with van der Waals surface area (Å²) in [5.41, 5.74) is 2.22. The van der Waals surface area contributed by atoms with Crippen LogP contribution in [0.2, 0.25) is 0 Å². The second kappa shape index (κ2) is 7.62. The van der Waals surface area contributed by atoms with Gasteiger partial charge in [0.2, 0.25) is 5.91 Å². The Balaban J connectivity index is 1.61. The second-order valence-corrected chi connectivity index (χ2v) is 6.57. The largest absolute Gasteiger partial charge is 0.371 e. The number of benzene rings is 1. The zero-order chi connectivity index (χ0) is 16.9. The number of nitrogens with zero attached hydrogens (tertiary/aromatic N) is 2. The molecule has 0 bridgehead atoms. The van der Waals surface area contributed by atoms with Crippen LogP contribution in [0.4, 0.5) is 0 Å². The van der Waals surface area contributed by atoms with E-state index in [-0.39, 0.29) is 24.0 Å². The van der Waals surface area contributed by atoms with E-state index < -0.39 is 0 Å². The molecule has 0 aliphatic carbocycles. The monoisotopic (exact) mass is 327 g/mol. The Morgan fingerprint density at radius 2 is 2.21 bits per heavy atom. The molecule has 0 radical (unpaired) electrons. The van der Waals surface area contributed by atoms with Crippen molar-refractivity contribution in [3.63, 3.8) is 0 Å². The lowest BCUT2D eigenvalue weighted by atomic mass is 9.95. The average Bonchev–Trinajstić information content (AvgIpc) is 3.02. The highest BCUT2D eigenvalue weighted by Gasteiger charge is 2.30. The Hall–Kier alpha value is -2.14. The molecule has 1 aromatic carbocycles. The SMILES string of the molecule is CC(CC(=O)N[C@H]1CCCO[C@@H]1c1cnn(C)c1)c1ccccc1. The topological polar surface area (TPSA) is 56.1 Å². The molecule has 2 heterocycles. The Bertz CT molecular complexity index is 668. The number of carbonyl (C=O) groups excluding carboxylic acids is 1. The highest BCUT2D eigenvalue weighted by molar-refractivity contribution is 5.77. The van der Waals surface area contributed by atoms with Crippen molar-refractivity contribution in [2.75, 3.05) is 6.61 Å². The lowest BCUT2D eigenvalue weighted by Gasteiger charge is -2.32. The van der Waals surface area contributed by atoms with Crippen LogP contribution >= 0.6 is 0 Å². The van der Waals surface area contributed by atoms with E-state index in [9.17, 15) is 4.79 Å². The van der Waals surface area contributed by atoms with Gasteiger partial charge in [-0.1, -0.05) is 37.3 Å². The summed E-state index contributed by atoms with van der Waals surface area (Å²) in [5, 5.41) is 7.39. The molecule has 1 aliphatic rings. The van der Waals surface area contributed by atoms with Crippen LogP contribution in [0.25, 0.3) is 0 Å². The van der Waals surface area contributed by atoms with Crippen LogP contribution in [0.5, 0.6) is 0 Å². The predicted molar refractivity (Wildman–Crippen MR) is 92.5 cm³/mol. The first-order valence-corrected chi connectivity index (χ1v) is 8.58. The van der Waals surface area contributed by atoms with E-state index >= 15 is 0 Å². The number of hydrogen-bond acceptors (Lipinski definition) is 3. The normalized spacial score (nSPS) is 22.1. The van der Waals surface area contributed by atoms with Gasteiger partial charge < -0.3 is 10.1 Å². The van der Waals surface area contributed by atoms with Gasteiger partial charge in [0.1, 0.15) is 6.10 Å². The predicted octanol–water partition coefficient (Wildman–Crippen LogP) is 2.95. The van der Waals surface area contributed by atoms with Gasteiger partial charge in [-0.25, -0.2) is 0 Å². The van der Waals surface area contributed by atoms with E-state index in [2.05, 4.69) is 29.5 Å². The van der Waals surface area contributed by atoms with Crippen LogP contribution in [0.15, 0.2) is 42.7 Å². The molecule has 1 amide bonds. The molecule has 1 unspecified atom stereocenters. The van der Waals surface area contributed by atoms with Crippen molar-refractivity contribution < 1.29 is 9.53 Å². The van der Waals surface area contributed by atoms with Crippen LogP contribution < -0.4 is 5.32 Å². The van der Waals surface area contributed by atoms with Gasteiger partial charge in [0.05, 0.1) is 12.2 Å². The lowest BCUT2D eigenvalue weighted by Crippen LogP contribution is -2.43. The van der Waals surface area contributed by atoms with E-state index in [1.165, 1.54) is 5.56 Å². The Kier molecular flexibility index (Phi) is 5.30. The van der Waals surface area contributed by atoms with E-state index in [1.54, 1.807) is 4.68 Å². The zero-order valence-corrected chi connectivity index (χ0v) is 14.3. The van der Waals surface area contributed by atoms with E-state index in [1.807, 2.05) is 37.6 Å². The van der Waals surface area contributed by atoms with Crippen LogP contribution in [0.1, 0.15) is 49.3 Å². The Morgan fingerprint density at radius 1 is 1.42 bits per heavy atom. The zero-order valence-electron chi connectivity index (χ0n) is 14.3. The smallest absolute Gasteiger partial charge is 0.220 e. The van der Waals surface area contributed by atoms with Crippen molar-refractivity contribution in [3.8, 4) is 0 Å². The average molecular weight is 327 g/mol. The number of hydrogen-bond donors (Lipinski definition) is 1. The second-order valence-electron chi connectivity index (χ2n) is 6.57. The molecule has 0 saturated carbocycles. The molecular weight excluding hydrogens is 302 g/mol. The number of amides is 1. The Morgan fingerprint density at radius 3 is 2.92 bits per heavy atom. The highest BCUT2D eigenvalue weighted by Crippen LogP contribution is 2.28. The molecule has 1 fully saturated rings. The maximum Gasteiger partial charge on any atom is 0.220 e. The molecule has 5 nitrogen and oxygen atoms in total. The fraction of sp³-hybridized carbons (Fsp3) is 0.474. The third-order valence-corrected chi connectivity index (χ3v) is 4.58. The summed E-state index contributed by atoms with van der Waals surface area (Å²) in [5.74, 6) is 0.281. The molecule has 128 valence electrons. The molecule has 1 saturated heterocycles. The summed E-state index contributed by atoms with van der Waals surface area (Å²) in [7, 11) is 1.89. The van der Waals surface area contributed by atoms with Gasteiger partial charge in [-0.15, -0.1) is 0 Å². The van der Waals surface area contributed by atoms with Crippen molar-refractivity contribution in [1.82, 2.24) is 15.1 Å². The fourth-order valence-corrected chi connectivity index (χ4v) is 3.29. The van der Waals surface area contributed by atoms with Gasteiger partial charge in [0.15, 0.2) is 0 Å². The van der Waals surface area contributed by atoms with Crippen molar-refractivity contribution in [2.45, 2.75) is 44.2 Å². The molecular formula is C19H25N3O2. The standard InChI is InChI=1S/C19H25N3O2/c1-14(15-7-4-3-5-8-15)11-18(23)21-17-9-6-10-24-19(17)16-12-20-22(2)13-16/h3-5,7-8,12-14,17,19H,6,9-11H2,1-2H3,(H,21,23)/t14?,17-,19+/m0/s1. The van der Waals surface area contributed by atoms with Crippen LogP contribution in [0.3, 0.4) is 0 Å². The highest BCUT2D eigenvalue weighted by atomic mass is 16.5. The van der Waals surface area contributed by atoms with E-state index in [0.717, 1.165) is 25.0 Å². The maximum absolute atomic E-state index is 12.5. The quantitative estimate of drug-likeness (QED) is 0.918. The number of nitrogens with one attached hydrogen (secondary N) is 1. The van der Waals surface area contributed by atoms with Crippen molar-refractivity contribution in [2.24, 2.45) is 7.05 Å². The molecule has 3 rings (SSSR count). The molecule has 2 aromatic rings. The summed E-state index contributed by atoms with van der Waals surface area (Å²) in [6.45, 7) is 2.82. The first kappa shape index (κ1) is 16.7. The third-order valence-electron chi connectivity index (χ3n) is 4.58. The van der Waals surface area contributed by atoms with Crippen LogP contribution in [0, 0.1) is 0 Å². The van der Waals surface area contributed by atoms with Crippen LogP contribution in [-0.4, -0.2) is 28.3 Å². The summed E-state index contributed by atoms with van der Waals surface area (Å²) in [4.78, 5) is 12.5. The van der Waals surface area contributed by atoms with E-state index in [0.29, 0.717) is 6.42 Å². The minimum absolute atomic E-state index is 0.0124.